The van der Waals surface area contributed by atoms with Gasteiger partial charge in [-0.2, -0.15) is 5.10 Å². The van der Waals surface area contributed by atoms with E-state index in [1.807, 2.05) is 42.6 Å². The number of benzene rings is 1. The number of nitrogens with zero attached hydrogens (tertiary/aromatic N) is 4. The van der Waals surface area contributed by atoms with Gasteiger partial charge < -0.3 is 20.3 Å². The lowest BCUT2D eigenvalue weighted by Gasteiger charge is -2.28. The van der Waals surface area contributed by atoms with Gasteiger partial charge >= 0.3 is 0 Å². The van der Waals surface area contributed by atoms with Crippen LogP contribution in [0.15, 0.2) is 41.9 Å². The molecule has 0 atom stereocenters. The number of thiophene rings is 1. The van der Waals surface area contributed by atoms with Gasteiger partial charge in [0.25, 0.3) is 5.91 Å². The van der Waals surface area contributed by atoms with Crippen molar-refractivity contribution in [2.24, 2.45) is 0 Å². The van der Waals surface area contributed by atoms with E-state index in [4.69, 9.17) is 4.74 Å². The van der Waals surface area contributed by atoms with Gasteiger partial charge in [0.05, 0.1) is 30.5 Å². The number of aromatic amines is 1. The number of aromatic nitrogens is 4. The minimum absolute atomic E-state index is 0.286. The Labute approximate surface area is 182 Å². The molecule has 0 radical (unpaired) electrons. The van der Waals surface area contributed by atoms with E-state index in [9.17, 15) is 4.79 Å². The van der Waals surface area contributed by atoms with Crippen molar-refractivity contribution in [1.82, 2.24) is 20.2 Å². The Morgan fingerprint density at radius 1 is 1.16 bits per heavy atom. The highest BCUT2D eigenvalue weighted by molar-refractivity contribution is 7.16. The van der Waals surface area contributed by atoms with Crippen LogP contribution in [0.5, 0.6) is 0 Å². The van der Waals surface area contributed by atoms with Crippen molar-refractivity contribution in [3.8, 4) is 0 Å². The van der Waals surface area contributed by atoms with Crippen molar-refractivity contribution in [2.45, 2.75) is 6.92 Å². The number of morpholine rings is 1. The van der Waals surface area contributed by atoms with E-state index in [0.29, 0.717) is 28.7 Å². The maximum atomic E-state index is 12.9. The van der Waals surface area contributed by atoms with Gasteiger partial charge in [-0.25, -0.2) is 9.97 Å². The molecule has 1 amide bonds. The van der Waals surface area contributed by atoms with Gasteiger partial charge in [-0.3, -0.25) is 9.89 Å². The number of anilines is 4. The smallest absolute Gasteiger partial charge is 0.275 e. The van der Waals surface area contributed by atoms with E-state index in [0.717, 1.165) is 42.2 Å². The monoisotopic (exact) mass is 435 g/mol. The molecule has 0 spiro atoms. The summed E-state index contributed by atoms with van der Waals surface area (Å²) in [6.07, 6.45) is 1.58. The van der Waals surface area contributed by atoms with Gasteiger partial charge in [-0.15, -0.1) is 11.3 Å². The molecule has 3 aromatic heterocycles. The fourth-order valence-corrected chi connectivity index (χ4v) is 4.32. The molecule has 0 aliphatic carbocycles. The molecule has 158 valence electrons. The third-order valence-corrected chi connectivity index (χ3v) is 5.86. The standard InChI is InChI=1S/C21H21N7O2S/c1-13-23-19(16-6-11-31-21(16)24-13)26-17-12-22-27-18(17)20(29)25-14-2-4-15(5-3-14)28-7-9-30-10-8-28/h2-6,11-12H,7-10H2,1H3,(H,22,27)(H,25,29)(H,23,24,26). The quantitative estimate of drug-likeness (QED) is 0.440. The van der Waals surface area contributed by atoms with Crippen LogP contribution >= 0.6 is 11.3 Å². The van der Waals surface area contributed by atoms with E-state index in [-0.39, 0.29) is 5.91 Å². The molecule has 31 heavy (non-hydrogen) atoms. The first-order valence-electron chi connectivity index (χ1n) is 9.94. The second kappa shape index (κ2) is 8.32. The lowest BCUT2D eigenvalue weighted by atomic mass is 10.2. The predicted molar refractivity (Wildman–Crippen MR) is 121 cm³/mol. The van der Waals surface area contributed by atoms with Crippen LogP contribution in [0.2, 0.25) is 0 Å². The third kappa shape index (κ3) is 4.07. The molecule has 1 aliphatic rings. The Kier molecular flexibility index (Phi) is 5.23. The fourth-order valence-electron chi connectivity index (χ4n) is 3.51. The number of nitrogens with one attached hydrogen (secondary N) is 3. The summed E-state index contributed by atoms with van der Waals surface area (Å²) in [6.45, 7) is 5.05. The van der Waals surface area contributed by atoms with E-state index < -0.39 is 0 Å². The highest BCUT2D eigenvalue weighted by atomic mass is 32.1. The molecule has 4 heterocycles. The van der Waals surface area contributed by atoms with Crippen LogP contribution in [0.4, 0.5) is 22.9 Å². The van der Waals surface area contributed by atoms with Crippen LogP contribution in [0.1, 0.15) is 16.3 Å². The number of hydrogen-bond acceptors (Lipinski definition) is 8. The van der Waals surface area contributed by atoms with Gasteiger partial charge in [0, 0.05) is 24.5 Å². The SMILES string of the molecule is Cc1nc(Nc2cn[nH]c2C(=O)Nc2ccc(N3CCOCC3)cc2)c2ccsc2n1. The predicted octanol–water partition coefficient (Wildman–Crippen LogP) is 3.56. The summed E-state index contributed by atoms with van der Waals surface area (Å²) < 4.78 is 5.40. The number of H-pyrrole nitrogens is 1. The molecule has 0 unspecified atom stereocenters. The molecular formula is C21H21N7O2S. The molecule has 1 saturated heterocycles. The van der Waals surface area contributed by atoms with Crippen LogP contribution in [0, 0.1) is 6.92 Å². The number of carbonyl (C=O) groups excluding carboxylic acids is 1. The van der Waals surface area contributed by atoms with E-state index >= 15 is 0 Å². The molecule has 0 saturated carbocycles. The van der Waals surface area contributed by atoms with Crippen molar-refractivity contribution in [3.05, 3.63) is 53.4 Å². The van der Waals surface area contributed by atoms with Crippen molar-refractivity contribution < 1.29 is 9.53 Å². The highest BCUT2D eigenvalue weighted by Gasteiger charge is 2.17. The average molecular weight is 436 g/mol. The summed E-state index contributed by atoms with van der Waals surface area (Å²) in [5.41, 5.74) is 2.70. The molecule has 9 nitrogen and oxygen atoms in total. The second-order valence-corrected chi connectivity index (χ2v) is 8.04. The third-order valence-electron chi connectivity index (χ3n) is 5.06. The van der Waals surface area contributed by atoms with Crippen molar-refractivity contribution >= 4 is 50.3 Å². The number of rotatable bonds is 5. The second-order valence-electron chi connectivity index (χ2n) is 7.14. The Hall–Kier alpha value is -3.50. The van der Waals surface area contributed by atoms with Crippen LogP contribution in [-0.2, 0) is 4.74 Å². The molecule has 1 aliphatic heterocycles. The molecular weight excluding hydrogens is 414 g/mol. The minimum Gasteiger partial charge on any atom is -0.378 e. The van der Waals surface area contributed by atoms with E-state index in [2.05, 4.69) is 35.7 Å². The zero-order valence-electron chi connectivity index (χ0n) is 16.9. The summed E-state index contributed by atoms with van der Waals surface area (Å²) in [7, 11) is 0. The average Bonchev–Trinajstić information content (AvgIpc) is 3.44. The van der Waals surface area contributed by atoms with Crippen LogP contribution in [-0.4, -0.2) is 52.4 Å². The summed E-state index contributed by atoms with van der Waals surface area (Å²) >= 11 is 1.55. The van der Waals surface area contributed by atoms with Gasteiger partial charge in [0.2, 0.25) is 0 Å². The zero-order chi connectivity index (χ0) is 21.2. The molecule has 1 aromatic carbocycles. The number of fused-ring (bicyclic) bond motifs is 1. The van der Waals surface area contributed by atoms with Gasteiger partial charge in [0.1, 0.15) is 22.2 Å². The molecule has 3 N–H and O–H groups in total. The Morgan fingerprint density at radius 3 is 2.77 bits per heavy atom. The zero-order valence-corrected chi connectivity index (χ0v) is 17.7. The maximum Gasteiger partial charge on any atom is 0.275 e. The molecule has 4 aromatic rings. The topological polar surface area (TPSA) is 108 Å². The number of hydrogen-bond donors (Lipinski definition) is 3. The first kappa shape index (κ1) is 19.5. The summed E-state index contributed by atoms with van der Waals surface area (Å²) in [5, 5.41) is 15.8. The Balaban J connectivity index is 1.32. The minimum atomic E-state index is -0.286. The molecule has 10 heteroatoms. The first-order valence-corrected chi connectivity index (χ1v) is 10.8. The summed E-state index contributed by atoms with van der Waals surface area (Å²) in [4.78, 5) is 25.0. The van der Waals surface area contributed by atoms with Crippen molar-refractivity contribution in [3.63, 3.8) is 0 Å². The number of aryl methyl sites for hydroxylation is 1. The normalized spacial score (nSPS) is 14.0. The van der Waals surface area contributed by atoms with E-state index in [1.54, 1.807) is 17.5 Å². The van der Waals surface area contributed by atoms with Crippen LogP contribution < -0.4 is 15.5 Å². The van der Waals surface area contributed by atoms with Gasteiger partial charge in [0.15, 0.2) is 0 Å². The molecule has 0 bridgehead atoms. The molecule has 1 fully saturated rings. The lowest BCUT2D eigenvalue weighted by molar-refractivity contribution is 0.102. The maximum absolute atomic E-state index is 12.9. The summed E-state index contributed by atoms with van der Waals surface area (Å²) in [6, 6.07) is 9.76. The lowest BCUT2D eigenvalue weighted by Crippen LogP contribution is -2.36. The fraction of sp³-hybridized carbons (Fsp3) is 0.238. The van der Waals surface area contributed by atoms with Crippen molar-refractivity contribution in [2.75, 3.05) is 41.8 Å². The first-order chi connectivity index (χ1) is 15.2. The van der Waals surface area contributed by atoms with Crippen LogP contribution in [0.25, 0.3) is 10.2 Å². The highest BCUT2D eigenvalue weighted by Crippen LogP contribution is 2.28. The van der Waals surface area contributed by atoms with Crippen molar-refractivity contribution in [1.29, 1.82) is 0 Å². The Morgan fingerprint density at radius 2 is 1.97 bits per heavy atom. The number of carbonyl (C=O) groups is 1. The van der Waals surface area contributed by atoms with Crippen LogP contribution in [0.3, 0.4) is 0 Å². The van der Waals surface area contributed by atoms with Gasteiger partial charge in [-0.05, 0) is 42.6 Å². The summed E-state index contributed by atoms with van der Waals surface area (Å²) in [5.74, 6) is 1.02. The Bertz CT molecular complexity index is 1210. The number of ether oxygens (including phenoxy) is 1. The van der Waals surface area contributed by atoms with Gasteiger partial charge in [-0.1, -0.05) is 0 Å². The largest absolute Gasteiger partial charge is 0.378 e. The van der Waals surface area contributed by atoms with E-state index in [1.165, 1.54) is 0 Å². The number of amides is 1. The molecule has 5 rings (SSSR count).